The van der Waals surface area contributed by atoms with Gasteiger partial charge in [-0.2, -0.15) is 0 Å². The molecule has 2 rings (SSSR count). The topological polar surface area (TPSA) is 20.2 Å². The third kappa shape index (κ3) is 2.15. The molecule has 1 saturated carbocycles. The van der Waals surface area contributed by atoms with E-state index in [1.54, 1.807) is 0 Å². The molecule has 1 aromatic carbocycles. The third-order valence-electron chi connectivity index (χ3n) is 3.69. The van der Waals surface area contributed by atoms with E-state index in [2.05, 4.69) is 39.0 Å². The Morgan fingerprint density at radius 1 is 1.06 bits per heavy atom. The Hall–Kier alpha value is -0.820. The number of aliphatic hydroxyl groups is 1. The minimum absolute atomic E-state index is 0.148. The van der Waals surface area contributed by atoms with Gasteiger partial charge in [0.05, 0.1) is 5.60 Å². The molecule has 0 bridgehead atoms. The lowest BCUT2D eigenvalue weighted by atomic mass is 9.82. The Balaban J connectivity index is 2.35. The molecule has 0 aromatic heterocycles. The number of rotatable bonds is 2. The van der Waals surface area contributed by atoms with E-state index in [-0.39, 0.29) is 5.41 Å². The lowest BCUT2D eigenvalue weighted by molar-refractivity contribution is 0.0329. The van der Waals surface area contributed by atoms with Crippen LogP contribution < -0.4 is 0 Å². The molecule has 0 saturated heterocycles. The molecule has 1 N–H and O–H groups in total. The van der Waals surface area contributed by atoms with E-state index in [1.807, 2.05) is 13.0 Å². The SMILES string of the molecule is CC(C)(C)c1cccc(C(C)(O)C2CC2)c1. The predicted octanol–water partition coefficient (Wildman–Crippen LogP) is 3.60. The molecule has 1 unspecified atom stereocenters. The molecule has 0 heterocycles. The summed E-state index contributed by atoms with van der Waals surface area (Å²) in [5.74, 6) is 0.461. The highest BCUT2D eigenvalue weighted by atomic mass is 16.3. The average molecular weight is 218 g/mol. The quantitative estimate of drug-likeness (QED) is 0.804. The second-order valence-corrected chi connectivity index (χ2v) is 6.25. The van der Waals surface area contributed by atoms with E-state index in [0.717, 1.165) is 18.4 Å². The normalized spacial score (nSPS) is 20.6. The molecular weight excluding hydrogens is 196 g/mol. The molecule has 1 atom stereocenters. The van der Waals surface area contributed by atoms with Gasteiger partial charge in [0.1, 0.15) is 0 Å². The van der Waals surface area contributed by atoms with Gasteiger partial charge in [-0.05, 0) is 42.2 Å². The average Bonchev–Trinajstić information content (AvgIpc) is 3.00. The molecule has 1 aliphatic carbocycles. The second-order valence-electron chi connectivity index (χ2n) is 6.25. The molecule has 0 radical (unpaired) electrons. The van der Waals surface area contributed by atoms with Gasteiger partial charge in [0, 0.05) is 0 Å². The maximum absolute atomic E-state index is 10.5. The van der Waals surface area contributed by atoms with Gasteiger partial charge in [-0.15, -0.1) is 0 Å². The molecule has 0 amide bonds. The largest absolute Gasteiger partial charge is 0.385 e. The summed E-state index contributed by atoms with van der Waals surface area (Å²) in [6.07, 6.45) is 2.32. The highest BCUT2D eigenvalue weighted by Crippen LogP contribution is 2.45. The van der Waals surface area contributed by atoms with Crippen LogP contribution in [0.1, 0.15) is 51.7 Å². The molecule has 1 aromatic rings. The minimum Gasteiger partial charge on any atom is -0.385 e. The zero-order valence-corrected chi connectivity index (χ0v) is 10.7. The molecule has 1 fully saturated rings. The number of benzene rings is 1. The zero-order chi connectivity index (χ0) is 12.0. The van der Waals surface area contributed by atoms with Gasteiger partial charge >= 0.3 is 0 Å². The predicted molar refractivity (Wildman–Crippen MR) is 67.4 cm³/mol. The van der Waals surface area contributed by atoms with E-state index in [0.29, 0.717) is 5.92 Å². The van der Waals surface area contributed by atoms with Crippen LogP contribution in [0.2, 0.25) is 0 Å². The fraction of sp³-hybridized carbons (Fsp3) is 0.600. The van der Waals surface area contributed by atoms with Crippen molar-refractivity contribution in [2.75, 3.05) is 0 Å². The zero-order valence-electron chi connectivity index (χ0n) is 10.7. The van der Waals surface area contributed by atoms with E-state index < -0.39 is 5.60 Å². The summed E-state index contributed by atoms with van der Waals surface area (Å²) >= 11 is 0. The van der Waals surface area contributed by atoms with Crippen LogP contribution in [0.3, 0.4) is 0 Å². The van der Waals surface area contributed by atoms with Crippen LogP contribution in [0.4, 0.5) is 0 Å². The van der Waals surface area contributed by atoms with E-state index in [9.17, 15) is 5.11 Å². The molecular formula is C15H22O. The number of hydrogen-bond donors (Lipinski definition) is 1. The van der Waals surface area contributed by atoms with Gasteiger partial charge in [0.15, 0.2) is 0 Å². The van der Waals surface area contributed by atoms with E-state index in [4.69, 9.17) is 0 Å². The first-order valence-corrected chi connectivity index (χ1v) is 6.15. The molecule has 88 valence electrons. The highest BCUT2D eigenvalue weighted by molar-refractivity contribution is 5.32. The summed E-state index contributed by atoms with van der Waals surface area (Å²) in [6, 6.07) is 8.42. The second kappa shape index (κ2) is 3.59. The Morgan fingerprint density at radius 2 is 1.62 bits per heavy atom. The van der Waals surface area contributed by atoms with Crippen LogP contribution in [-0.4, -0.2) is 5.11 Å². The van der Waals surface area contributed by atoms with Crippen LogP contribution >= 0.6 is 0 Å². The lowest BCUT2D eigenvalue weighted by Crippen LogP contribution is -2.24. The number of hydrogen-bond acceptors (Lipinski definition) is 1. The monoisotopic (exact) mass is 218 g/mol. The molecule has 1 nitrogen and oxygen atoms in total. The van der Waals surface area contributed by atoms with Gasteiger partial charge < -0.3 is 5.11 Å². The van der Waals surface area contributed by atoms with Crippen LogP contribution in [0.25, 0.3) is 0 Å². The van der Waals surface area contributed by atoms with Gasteiger partial charge in [0.2, 0.25) is 0 Å². The Labute approximate surface area is 98.5 Å². The van der Waals surface area contributed by atoms with Crippen LogP contribution in [0.15, 0.2) is 24.3 Å². The van der Waals surface area contributed by atoms with Crippen molar-refractivity contribution < 1.29 is 5.11 Å². The molecule has 1 heteroatoms. The molecule has 16 heavy (non-hydrogen) atoms. The van der Waals surface area contributed by atoms with Gasteiger partial charge in [-0.1, -0.05) is 45.0 Å². The summed E-state index contributed by atoms with van der Waals surface area (Å²) in [6.45, 7) is 8.57. The lowest BCUT2D eigenvalue weighted by Gasteiger charge is -2.26. The fourth-order valence-corrected chi connectivity index (χ4v) is 2.18. The first-order valence-electron chi connectivity index (χ1n) is 6.15. The summed E-state index contributed by atoms with van der Waals surface area (Å²) in [5, 5.41) is 10.5. The van der Waals surface area contributed by atoms with Gasteiger partial charge in [-0.3, -0.25) is 0 Å². The van der Waals surface area contributed by atoms with Crippen molar-refractivity contribution in [3.05, 3.63) is 35.4 Å². The van der Waals surface area contributed by atoms with Crippen LogP contribution in [0, 0.1) is 5.92 Å². The molecule has 0 spiro atoms. The Morgan fingerprint density at radius 3 is 2.12 bits per heavy atom. The van der Waals surface area contributed by atoms with Gasteiger partial charge in [-0.25, -0.2) is 0 Å². The van der Waals surface area contributed by atoms with Crippen molar-refractivity contribution in [2.24, 2.45) is 5.92 Å². The van der Waals surface area contributed by atoms with E-state index in [1.165, 1.54) is 5.56 Å². The highest BCUT2D eigenvalue weighted by Gasteiger charge is 2.41. The smallest absolute Gasteiger partial charge is 0.0896 e. The van der Waals surface area contributed by atoms with Crippen LogP contribution in [-0.2, 0) is 11.0 Å². The molecule has 1 aliphatic rings. The summed E-state index contributed by atoms with van der Waals surface area (Å²) in [5.41, 5.74) is 1.88. The van der Waals surface area contributed by atoms with Crippen molar-refractivity contribution in [1.82, 2.24) is 0 Å². The van der Waals surface area contributed by atoms with Crippen molar-refractivity contribution in [2.45, 2.75) is 51.6 Å². The maximum atomic E-state index is 10.5. The minimum atomic E-state index is -0.638. The third-order valence-corrected chi connectivity index (χ3v) is 3.69. The summed E-state index contributed by atoms with van der Waals surface area (Å²) < 4.78 is 0. The van der Waals surface area contributed by atoms with Crippen molar-refractivity contribution in [1.29, 1.82) is 0 Å². The van der Waals surface area contributed by atoms with Crippen molar-refractivity contribution in [3.63, 3.8) is 0 Å². The van der Waals surface area contributed by atoms with E-state index >= 15 is 0 Å². The van der Waals surface area contributed by atoms with Crippen molar-refractivity contribution in [3.8, 4) is 0 Å². The maximum Gasteiger partial charge on any atom is 0.0896 e. The molecule has 0 aliphatic heterocycles. The first-order chi connectivity index (χ1) is 7.32. The standard InChI is InChI=1S/C15H22O/c1-14(2,3)12-6-5-7-13(10-12)15(4,16)11-8-9-11/h5-7,10-11,16H,8-9H2,1-4H3. The Kier molecular flexibility index (Phi) is 2.62. The van der Waals surface area contributed by atoms with Crippen LogP contribution in [0.5, 0.6) is 0 Å². The van der Waals surface area contributed by atoms with Crippen molar-refractivity contribution >= 4 is 0 Å². The summed E-state index contributed by atoms with van der Waals surface area (Å²) in [4.78, 5) is 0. The fourth-order valence-electron chi connectivity index (χ4n) is 2.18. The Bertz CT molecular complexity index is 381. The first kappa shape index (κ1) is 11.7. The van der Waals surface area contributed by atoms with Gasteiger partial charge in [0.25, 0.3) is 0 Å². The summed E-state index contributed by atoms with van der Waals surface area (Å²) in [7, 11) is 0.